The van der Waals surface area contributed by atoms with Crippen LogP contribution in [0.15, 0.2) is 16.8 Å². The highest BCUT2D eigenvalue weighted by atomic mass is 16.6. The van der Waals surface area contributed by atoms with Crippen molar-refractivity contribution in [3.8, 4) is 0 Å². The number of fused-ring (bicyclic) bond motifs is 7. The van der Waals surface area contributed by atoms with Crippen LogP contribution in [0.4, 0.5) is 0 Å². The Labute approximate surface area is 176 Å². The summed E-state index contributed by atoms with van der Waals surface area (Å²) in [7, 11) is 1.66. The first-order valence-electron chi connectivity index (χ1n) is 12.2. The Hall–Kier alpha value is -1.12. The van der Waals surface area contributed by atoms with E-state index in [1.54, 1.807) is 12.7 Å². The minimum absolute atomic E-state index is 0.0111. The summed E-state index contributed by atoms with van der Waals surface area (Å²) in [5, 5.41) is 4.25. The molecule has 5 aliphatic rings. The number of hydrogen-bond donors (Lipinski definition) is 0. The molecular formula is C26H39NO2. The molecule has 0 heterocycles. The smallest absolute Gasteiger partial charge is 0.136 e. The van der Waals surface area contributed by atoms with Gasteiger partial charge in [-0.15, -0.1) is 0 Å². The van der Waals surface area contributed by atoms with Crippen LogP contribution in [-0.2, 0) is 9.63 Å². The lowest BCUT2D eigenvalue weighted by atomic mass is 9.44. The largest absolute Gasteiger partial charge is 0.399 e. The Morgan fingerprint density at radius 2 is 1.90 bits per heavy atom. The maximum Gasteiger partial charge on any atom is 0.136 e. The molecule has 0 aliphatic heterocycles. The van der Waals surface area contributed by atoms with Gasteiger partial charge in [0, 0.05) is 5.41 Å². The van der Waals surface area contributed by atoms with Crippen LogP contribution >= 0.6 is 0 Å². The van der Waals surface area contributed by atoms with Gasteiger partial charge in [0.15, 0.2) is 0 Å². The molecule has 3 heteroatoms. The van der Waals surface area contributed by atoms with Gasteiger partial charge in [0.05, 0.1) is 5.71 Å². The van der Waals surface area contributed by atoms with Crippen molar-refractivity contribution >= 4 is 11.5 Å². The predicted molar refractivity (Wildman–Crippen MR) is 117 cm³/mol. The highest BCUT2D eigenvalue weighted by Crippen LogP contribution is 2.74. The lowest BCUT2D eigenvalue weighted by Crippen LogP contribution is -2.55. The molecule has 0 spiro atoms. The third-order valence-corrected chi connectivity index (χ3v) is 10.8. The number of nitrogens with zero attached hydrogens (tertiary/aromatic N) is 1. The fourth-order valence-corrected chi connectivity index (χ4v) is 9.56. The molecule has 4 saturated carbocycles. The van der Waals surface area contributed by atoms with E-state index in [4.69, 9.17) is 4.84 Å². The van der Waals surface area contributed by atoms with Gasteiger partial charge in [0.2, 0.25) is 0 Å². The monoisotopic (exact) mass is 397 g/mol. The number of ketones is 1. The van der Waals surface area contributed by atoms with Gasteiger partial charge in [-0.05, 0) is 105 Å². The maximum atomic E-state index is 13.2. The van der Waals surface area contributed by atoms with Gasteiger partial charge in [0.25, 0.3) is 0 Å². The zero-order valence-corrected chi connectivity index (χ0v) is 18.9. The first kappa shape index (κ1) is 19.8. The number of carbonyl (C=O) groups excluding carboxylic acids is 1. The first-order chi connectivity index (χ1) is 13.9. The number of oxime groups is 1. The van der Waals surface area contributed by atoms with Gasteiger partial charge in [-0.2, -0.15) is 0 Å². The second-order valence-corrected chi connectivity index (χ2v) is 11.4. The highest BCUT2D eigenvalue weighted by molar-refractivity contribution is 5.96. The molecule has 0 amide bonds. The normalized spacial score (nSPS) is 50.1. The van der Waals surface area contributed by atoms with Crippen LogP contribution in [0, 0.1) is 39.9 Å². The summed E-state index contributed by atoms with van der Waals surface area (Å²) in [5.74, 6) is 3.51. The van der Waals surface area contributed by atoms with Crippen LogP contribution in [0.3, 0.4) is 0 Å². The minimum atomic E-state index is -0.0111. The number of hydrogen-bond acceptors (Lipinski definition) is 3. The maximum absolute atomic E-state index is 13.2. The van der Waals surface area contributed by atoms with Crippen LogP contribution < -0.4 is 0 Å². The van der Waals surface area contributed by atoms with E-state index in [9.17, 15) is 4.79 Å². The van der Waals surface area contributed by atoms with E-state index in [1.165, 1.54) is 57.8 Å². The average molecular weight is 398 g/mol. The molecule has 29 heavy (non-hydrogen) atoms. The van der Waals surface area contributed by atoms with Crippen LogP contribution in [-0.4, -0.2) is 18.6 Å². The molecule has 0 radical (unpaired) electrons. The van der Waals surface area contributed by atoms with E-state index in [1.807, 2.05) is 6.92 Å². The lowest BCUT2D eigenvalue weighted by Gasteiger charge is -2.60. The Kier molecular flexibility index (Phi) is 4.57. The van der Waals surface area contributed by atoms with E-state index in [2.05, 4.69) is 25.1 Å². The van der Waals surface area contributed by atoms with Crippen molar-refractivity contribution in [1.29, 1.82) is 0 Å². The van der Waals surface area contributed by atoms with Crippen molar-refractivity contribution in [2.24, 2.45) is 45.1 Å². The van der Waals surface area contributed by atoms with E-state index in [0.29, 0.717) is 17.1 Å². The standard InChI is InChI=1S/C26H39NO2/c1-17(28)26-12-6-5-7-19(26)16-23-21-9-8-18-15-20(27-29-4)10-13-24(18,2)22(21)11-14-25(23,26)3/h15,19,21-23H,5-14,16H2,1-4H3/b27-20-/t19-,21-,22+,23-,24-,25-,26-/m0/s1. The van der Waals surface area contributed by atoms with Crippen molar-refractivity contribution in [3.05, 3.63) is 11.6 Å². The van der Waals surface area contributed by atoms with Gasteiger partial charge in [0.1, 0.15) is 12.9 Å². The number of allylic oxidation sites excluding steroid dienone is 2. The fraction of sp³-hybridized carbons (Fsp3) is 0.846. The third-order valence-electron chi connectivity index (χ3n) is 10.8. The number of carbonyl (C=O) groups is 1. The lowest BCUT2D eigenvalue weighted by molar-refractivity contribution is -0.147. The van der Waals surface area contributed by atoms with Crippen LogP contribution in [0.1, 0.15) is 91.4 Å². The predicted octanol–water partition coefficient (Wildman–Crippen LogP) is 6.33. The Balaban J connectivity index is 1.50. The molecule has 0 aromatic heterocycles. The second-order valence-electron chi connectivity index (χ2n) is 11.4. The van der Waals surface area contributed by atoms with E-state index in [0.717, 1.165) is 36.3 Å². The zero-order valence-electron chi connectivity index (χ0n) is 18.9. The Bertz CT molecular complexity index is 769. The summed E-state index contributed by atoms with van der Waals surface area (Å²) in [6.07, 6.45) is 16.1. The Morgan fingerprint density at radius 1 is 1.07 bits per heavy atom. The SMILES string of the molecule is CO/N=C1\C=C2CC[C@H]3[C@@H](CC[C@@]4(C)[C@H]3C[C@@H]3CCCC[C@]34C(C)=O)[C@@]2(C)CC1. The van der Waals surface area contributed by atoms with Gasteiger partial charge in [-0.25, -0.2) is 0 Å². The quantitative estimate of drug-likeness (QED) is 0.511. The van der Waals surface area contributed by atoms with Gasteiger partial charge in [-0.1, -0.05) is 37.4 Å². The molecule has 0 N–H and O–H groups in total. The molecule has 160 valence electrons. The molecule has 0 aromatic rings. The van der Waals surface area contributed by atoms with Gasteiger partial charge < -0.3 is 4.84 Å². The van der Waals surface area contributed by atoms with Crippen LogP contribution in [0.5, 0.6) is 0 Å². The van der Waals surface area contributed by atoms with Crippen molar-refractivity contribution in [2.45, 2.75) is 91.4 Å². The highest BCUT2D eigenvalue weighted by Gasteiger charge is 2.69. The van der Waals surface area contributed by atoms with Crippen molar-refractivity contribution in [2.75, 3.05) is 7.11 Å². The van der Waals surface area contributed by atoms with Gasteiger partial charge in [-0.3, -0.25) is 4.79 Å². The molecule has 0 bridgehead atoms. The molecule has 5 rings (SSSR count). The zero-order chi connectivity index (χ0) is 20.4. The van der Waals surface area contributed by atoms with Crippen LogP contribution in [0.25, 0.3) is 0 Å². The van der Waals surface area contributed by atoms with Crippen molar-refractivity contribution in [3.63, 3.8) is 0 Å². The summed E-state index contributed by atoms with van der Waals surface area (Å²) in [6.45, 7) is 7.02. The molecule has 0 saturated heterocycles. The molecule has 3 nitrogen and oxygen atoms in total. The summed E-state index contributed by atoms with van der Waals surface area (Å²) in [4.78, 5) is 18.2. The molecule has 0 unspecified atom stereocenters. The number of rotatable bonds is 2. The minimum Gasteiger partial charge on any atom is -0.399 e. The second kappa shape index (κ2) is 6.69. The van der Waals surface area contributed by atoms with Crippen LogP contribution in [0.2, 0.25) is 0 Å². The van der Waals surface area contributed by atoms with E-state index in [-0.39, 0.29) is 10.8 Å². The Morgan fingerprint density at radius 3 is 2.66 bits per heavy atom. The first-order valence-corrected chi connectivity index (χ1v) is 12.2. The fourth-order valence-electron chi connectivity index (χ4n) is 9.56. The third kappa shape index (κ3) is 2.48. The average Bonchev–Trinajstić information content (AvgIpc) is 2.98. The van der Waals surface area contributed by atoms with Gasteiger partial charge >= 0.3 is 0 Å². The summed E-state index contributed by atoms with van der Waals surface area (Å²) < 4.78 is 0. The topological polar surface area (TPSA) is 38.7 Å². The van der Waals surface area contributed by atoms with E-state index >= 15 is 0 Å². The molecule has 0 aromatic carbocycles. The summed E-state index contributed by atoms with van der Waals surface area (Å²) in [6, 6.07) is 0. The summed E-state index contributed by atoms with van der Waals surface area (Å²) in [5.41, 5.74) is 3.30. The molecule has 5 aliphatic carbocycles. The molecule has 4 fully saturated rings. The molecular weight excluding hydrogens is 358 g/mol. The van der Waals surface area contributed by atoms with Crippen molar-refractivity contribution < 1.29 is 9.63 Å². The van der Waals surface area contributed by atoms with Crippen molar-refractivity contribution in [1.82, 2.24) is 0 Å². The summed E-state index contributed by atoms with van der Waals surface area (Å²) >= 11 is 0. The molecule has 7 atom stereocenters. The number of Topliss-reactive ketones (excluding diaryl/α,β-unsaturated/α-hetero) is 1. The van der Waals surface area contributed by atoms with E-state index < -0.39 is 0 Å².